The molecular weight excluding hydrogens is 174 g/mol. The molecule has 3 rings (SSSR count). The van der Waals surface area contributed by atoms with Gasteiger partial charge in [0, 0.05) is 12.0 Å². The van der Waals surface area contributed by atoms with E-state index in [9.17, 15) is 5.11 Å². The van der Waals surface area contributed by atoms with Gasteiger partial charge in [0.25, 0.3) is 0 Å². The van der Waals surface area contributed by atoms with E-state index in [1.807, 2.05) is 0 Å². The molecule has 2 heterocycles. The lowest BCUT2D eigenvalue weighted by Crippen LogP contribution is -2.57. The maximum atomic E-state index is 10.0. The highest BCUT2D eigenvalue weighted by Gasteiger charge is 2.44. The Morgan fingerprint density at radius 1 is 0.929 bits per heavy atom. The molecule has 3 aliphatic rings. The van der Waals surface area contributed by atoms with Crippen LogP contribution in [0.4, 0.5) is 0 Å². The molecule has 0 spiro atoms. The zero-order chi connectivity index (χ0) is 9.54. The fourth-order valence-electron chi connectivity index (χ4n) is 4.09. The largest absolute Gasteiger partial charge is 0.393 e. The second-order valence-corrected chi connectivity index (χ2v) is 5.38. The van der Waals surface area contributed by atoms with Gasteiger partial charge in [0.2, 0.25) is 0 Å². The third-order valence-electron chi connectivity index (χ3n) is 4.67. The van der Waals surface area contributed by atoms with Gasteiger partial charge in [-0.2, -0.15) is 0 Å². The molecule has 2 nitrogen and oxygen atoms in total. The Hall–Kier alpha value is -0.0800. The minimum Gasteiger partial charge on any atom is -0.393 e. The SMILES string of the molecule is O[C@@H]1CC[C@H]2CCCN3CCC[C@H]1[C@H]23. The summed E-state index contributed by atoms with van der Waals surface area (Å²) in [4.78, 5) is 2.67. The summed E-state index contributed by atoms with van der Waals surface area (Å²) in [5, 5.41) is 10.0. The number of aliphatic hydroxyl groups excluding tert-OH is 1. The molecule has 0 radical (unpaired) electrons. The van der Waals surface area contributed by atoms with Crippen LogP contribution in [0.3, 0.4) is 0 Å². The molecule has 1 aliphatic carbocycles. The first kappa shape index (κ1) is 9.17. The number of rotatable bonds is 0. The van der Waals surface area contributed by atoms with Crippen molar-refractivity contribution in [2.75, 3.05) is 13.1 Å². The number of hydrogen-bond donors (Lipinski definition) is 1. The highest BCUT2D eigenvalue weighted by atomic mass is 16.3. The Morgan fingerprint density at radius 3 is 2.57 bits per heavy atom. The van der Waals surface area contributed by atoms with Gasteiger partial charge in [0.05, 0.1) is 6.10 Å². The predicted molar refractivity (Wildman–Crippen MR) is 56.0 cm³/mol. The molecule has 14 heavy (non-hydrogen) atoms. The van der Waals surface area contributed by atoms with Crippen LogP contribution in [0.25, 0.3) is 0 Å². The number of nitrogens with zero attached hydrogens (tertiary/aromatic N) is 1. The Bertz CT molecular complexity index is 210. The van der Waals surface area contributed by atoms with Crippen molar-refractivity contribution in [3.63, 3.8) is 0 Å². The van der Waals surface area contributed by atoms with Crippen molar-refractivity contribution in [1.82, 2.24) is 4.90 Å². The minimum absolute atomic E-state index is 0.0112. The van der Waals surface area contributed by atoms with Gasteiger partial charge in [-0.15, -0.1) is 0 Å². The van der Waals surface area contributed by atoms with Crippen molar-refractivity contribution < 1.29 is 5.11 Å². The van der Waals surface area contributed by atoms with E-state index in [0.29, 0.717) is 5.92 Å². The van der Waals surface area contributed by atoms with Crippen LogP contribution in [-0.2, 0) is 0 Å². The van der Waals surface area contributed by atoms with E-state index in [1.54, 1.807) is 0 Å². The summed E-state index contributed by atoms with van der Waals surface area (Å²) in [6.45, 7) is 2.59. The number of piperidine rings is 2. The van der Waals surface area contributed by atoms with Gasteiger partial charge < -0.3 is 5.11 Å². The smallest absolute Gasteiger partial charge is 0.0583 e. The molecule has 80 valence electrons. The van der Waals surface area contributed by atoms with Gasteiger partial charge in [0.1, 0.15) is 0 Å². The second-order valence-electron chi connectivity index (χ2n) is 5.38. The molecule has 0 unspecified atom stereocenters. The molecule has 3 fully saturated rings. The van der Waals surface area contributed by atoms with E-state index >= 15 is 0 Å². The predicted octanol–water partition coefficient (Wildman–Crippen LogP) is 1.63. The quantitative estimate of drug-likeness (QED) is 0.635. The first-order valence-electron chi connectivity index (χ1n) is 6.28. The molecule has 0 amide bonds. The van der Waals surface area contributed by atoms with E-state index in [2.05, 4.69) is 4.90 Å². The Morgan fingerprint density at radius 2 is 1.71 bits per heavy atom. The standard InChI is InChI=1S/C12H21NO/c14-11-6-5-9-3-1-7-13-8-2-4-10(11)12(9)13/h9-12,14H,1-8H2/t9-,10-,11-,12+/m1/s1. The molecule has 1 N–H and O–H groups in total. The first-order valence-corrected chi connectivity index (χ1v) is 6.28. The Balaban J connectivity index is 1.84. The molecular formula is C12H21NO. The van der Waals surface area contributed by atoms with Crippen molar-refractivity contribution in [2.24, 2.45) is 11.8 Å². The summed E-state index contributed by atoms with van der Waals surface area (Å²) >= 11 is 0. The summed E-state index contributed by atoms with van der Waals surface area (Å²) in [5.41, 5.74) is 0. The maximum absolute atomic E-state index is 10.0. The fourth-order valence-corrected chi connectivity index (χ4v) is 4.09. The normalized spacial score (nSPS) is 48.6. The third-order valence-corrected chi connectivity index (χ3v) is 4.67. The van der Waals surface area contributed by atoms with Crippen molar-refractivity contribution in [3.8, 4) is 0 Å². The van der Waals surface area contributed by atoms with E-state index < -0.39 is 0 Å². The molecule has 2 heteroatoms. The van der Waals surface area contributed by atoms with Gasteiger partial charge in [-0.05, 0) is 57.5 Å². The van der Waals surface area contributed by atoms with Gasteiger partial charge in [-0.3, -0.25) is 4.90 Å². The molecule has 0 aromatic heterocycles. The van der Waals surface area contributed by atoms with Crippen LogP contribution in [0.1, 0.15) is 38.5 Å². The van der Waals surface area contributed by atoms with Crippen molar-refractivity contribution >= 4 is 0 Å². The first-order chi connectivity index (χ1) is 6.86. The molecule has 4 atom stereocenters. The topological polar surface area (TPSA) is 23.5 Å². The van der Waals surface area contributed by atoms with E-state index in [-0.39, 0.29) is 6.10 Å². The lowest BCUT2D eigenvalue weighted by Gasteiger charge is -2.53. The third kappa shape index (κ3) is 1.31. The second kappa shape index (κ2) is 3.49. The summed E-state index contributed by atoms with van der Waals surface area (Å²) in [6.07, 6.45) is 7.76. The van der Waals surface area contributed by atoms with E-state index in [4.69, 9.17) is 0 Å². The molecule has 0 bridgehead atoms. The molecule has 1 saturated carbocycles. The summed E-state index contributed by atoms with van der Waals surface area (Å²) in [7, 11) is 0. The average molecular weight is 195 g/mol. The van der Waals surface area contributed by atoms with Crippen molar-refractivity contribution in [2.45, 2.75) is 50.7 Å². The number of hydrogen-bond acceptors (Lipinski definition) is 2. The van der Waals surface area contributed by atoms with Crippen LogP contribution in [0.2, 0.25) is 0 Å². The Kier molecular flexibility index (Phi) is 2.29. The van der Waals surface area contributed by atoms with Crippen molar-refractivity contribution in [1.29, 1.82) is 0 Å². The van der Waals surface area contributed by atoms with E-state index in [1.165, 1.54) is 45.2 Å². The molecule has 2 aliphatic heterocycles. The maximum Gasteiger partial charge on any atom is 0.0583 e. The molecule has 2 saturated heterocycles. The van der Waals surface area contributed by atoms with Crippen LogP contribution in [-0.4, -0.2) is 35.2 Å². The monoisotopic (exact) mass is 195 g/mol. The van der Waals surface area contributed by atoms with Crippen LogP contribution in [0.15, 0.2) is 0 Å². The Labute approximate surface area is 86.3 Å². The summed E-state index contributed by atoms with van der Waals surface area (Å²) in [6, 6.07) is 0.751. The van der Waals surface area contributed by atoms with Gasteiger partial charge in [0.15, 0.2) is 0 Å². The van der Waals surface area contributed by atoms with E-state index in [0.717, 1.165) is 18.4 Å². The summed E-state index contributed by atoms with van der Waals surface area (Å²) < 4.78 is 0. The highest BCUT2D eigenvalue weighted by molar-refractivity contribution is 4.98. The van der Waals surface area contributed by atoms with Gasteiger partial charge in [-0.1, -0.05) is 0 Å². The highest BCUT2D eigenvalue weighted by Crippen LogP contribution is 2.43. The molecule has 0 aromatic rings. The van der Waals surface area contributed by atoms with Crippen LogP contribution in [0, 0.1) is 11.8 Å². The van der Waals surface area contributed by atoms with Gasteiger partial charge >= 0.3 is 0 Å². The zero-order valence-electron chi connectivity index (χ0n) is 8.86. The number of aliphatic hydroxyl groups is 1. The van der Waals surface area contributed by atoms with Crippen LogP contribution in [0.5, 0.6) is 0 Å². The zero-order valence-corrected chi connectivity index (χ0v) is 8.86. The average Bonchev–Trinajstić information content (AvgIpc) is 2.24. The lowest BCUT2D eigenvalue weighted by atomic mass is 9.67. The van der Waals surface area contributed by atoms with Crippen molar-refractivity contribution in [3.05, 3.63) is 0 Å². The lowest BCUT2D eigenvalue weighted by molar-refractivity contribution is -0.0738. The van der Waals surface area contributed by atoms with Crippen LogP contribution >= 0.6 is 0 Å². The molecule has 0 aromatic carbocycles. The van der Waals surface area contributed by atoms with Crippen LogP contribution < -0.4 is 0 Å². The minimum atomic E-state index is 0.0112. The summed E-state index contributed by atoms with van der Waals surface area (Å²) in [5.74, 6) is 1.53. The van der Waals surface area contributed by atoms with Gasteiger partial charge in [-0.25, -0.2) is 0 Å². The fraction of sp³-hybridized carbons (Fsp3) is 1.00.